The number of rotatable bonds is 7. The molecule has 0 radical (unpaired) electrons. The van der Waals surface area contributed by atoms with Crippen molar-refractivity contribution in [1.82, 2.24) is 4.90 Å². The number of nitrogens with zero attached hydrogens (tertiary/aromatic N) is 1. The Morgan fingerprint density at radius 3 is 1.77 bits per heavy atom. The number of hydrogen-bond donors (Lipinski definition) is 2. The van der Waals surface area contributed by atoms with E-state index in [0.717, 1.165) is 11.0 Å². The van der Waals surface area contributed by atoms with Gasteiger partial charge in [-0.05, 0) is 42.5 Å². The van der Waals surface area contributed by atoms with Crippen LogP contribution in [0.4, 0.5) is 4.39 Å². The second-order valence-corrected chi connectivity index (χ2v) is 9.27. The van der Waals surface area contributed by atoms with Crippen molar-refractivity contribution in [3.63, 3.8) is 0 Å². The van der Waals surface area contributed by atoms with Gasteiger partial charge in [-0.2, -0.15) is 0 Å². The van der Waals surface area contributed by atoms with Gasteiger partial charge in [-0.25, -0.2) is 4.39 Å². The number of ether oxygens (including phenoxy) is 2. The molecule has 35 heavy (non-hydrogen) atoms. The molecular formula is C24H18Cl4FNO5. The van der Waals surface area contributed by atoms with Gasteiger partial charge in [0.05, 0.1) is 39.9 Å². The van der Waals surface area contributed by atoms with E-state index in [-0.39, 0.29) is 53.4 Å². The third kappa shape index (κ3) is 4.89. The van der Waals surface area contributed by atoms with Gasteiger partial charge in [-0.15, -0.1) is 0 Å². The molecule has 1 amide bonds. The van der Waals surface area contributed by atoms with Gasteiger partial charge in [0.2, 0.25) is 0 Å². The molecule has 0 saturated heterocycles. The molecule has 0 fully saturated rings. The van der Waals surface area contributed by atoms with Gasteiger partial charge in [0.15, 0.2) is 11.5 Å². The zero-order valence-electron chi connectivity index (χ0n) is 17.9. The predicted octanol–water partition coefficient (Wildman–Crippen LogP) is 5.54. The number of carbonyl (C=O) groups excluding carboxylic acids is 1. The number of carbonyl (C=O) groups is 1. The summed E-state index contributed by atoms with van der Waals surface area (Å²) in [5.41, 5.74) is 0.341. The lowest BCUT2D eigenvalue weighted by molar-refractivity contribution is -0.0457. The monoisotopic (exact) mass is 559 g/mol. The lowest BCUT2D eigenvalue weighted by Gasteiger charge is -2.30. The lowest BCUT2D eigenvalue weighted by atomic mass is 9.97. The van der Waals surface area contributed by atoms with Crippen LogP contribution in [0.2, 0.25) is 20.1 Å². The third-order valence-electron chi connectivity index (χ3n) is 5.37. The molecule has 0 bridgehead atoms. The van der Waals surface area contributed by atoms with E-state index >= 15 is 4.39 Å². The second kappa shape index (κ2) is 10.4. The van der Waals surface area contributed by atoms with Gasteiger partial charge < -0.3 is 24.6 Å². The SMILES string of the molecule is O=C(c1cc2c(cc1F)OC(c1ccc(Cl)cc1Cl)(c1ccc(Cl)cc1Cl)O2)N(CCO)CCO. The van der Waals surface area contributed by atoms with Gasteiger partial charge >= 0.3 is 5.79 Å². The van der Waals surface area contributed by atoms with Crippen LogP contribution in [-0.4, -0.2) is 47.3 Å². The highest BCUT2D eigenvalue weighted by Gasteiger charge is 2.49. The summed E-state index contributed by atoms with van der Waals surface area (Å²) < 4.78 is 27.5. The molecule has 0 spiro atoms. The molecule has 0 atom stereocenters. The summed E-state index contributed by atoms with van der Waals surface area (Å²) in [5.74, 6) is -3.29. The molecule has 2 N–H and O–H groups in total. The maximum Gasteiger partial charge on any atom is 0.308 e. The van der Waals surface area contributed by atoms with Crippen molar-refractivity contribution >= 4 is 52.3 Å². The number of benzene rings is 3. The molecule has 1 aliphatic rings. The molecule has 11 heteroatoms. The number of aliphatic hydroxyl groups excluding tert-OH is 2. The molecule has 6 nitrogen and oxygen atoms in total. The van der Waals surface area contributed by atoms with Crippen LogP contribution in [0.3, 0.4) is 0 Å². The molecule has 184 valence electrons. The standard InChI is InChI=1S/C24H18Cl4FNO5/c25-13-1-3-16(18(27)9-13)24(17-4-2-14(26)10-19(17)28)34-21-11-15(20(29)12-22(21)35-24)23(33)30(5-7-31)6-8-32/h1-4,9-12,31-32H,5-8H2. The summed E-state index contributed by atoms with van der Waals surface area (Å²) in [7, 11) is 0. The normalized spacial score (nSPS) is 13.7. The molecule has 3 aromatic rings. The van der Waals surface area contributed by atoms with Crippen LogP contribution >= 0.6 is 46.4 Å². The van der Waals surface area contributed by atoms with Crippen molar-refractivity contribution in [3.8, 4) is 11.5 Å². The molecule has 4 rings (SSSR count). The molecule has 0 unspecified atom stereocenters. The minimum absolute atomic E-state index is 0.00643. The molecule has 0 saturated carbocycles. The minimum Gasteiger partial charge on any atom is -0.440 e. The summed E-state index contributed by atoms with van der Waals surface area (Å²) in [6.07, 6.45) is 0. The Bertz CT molecular complexity index is 1230. The molecule has 0 aliphatic carbocycles. The predicted molar refractivity (Wildman–Crippen MR) is 131 cm³/mol. The number of halogens is 5. The quantitative estimate of drug-likeness (QED) is 0.397. The molecule has 0 aromatic heterocycles. The lowest BCUT2D eigenvalue weighted by Crippen LogP contribution is -2.37. The summed E-state index contributed by atoms with van der Waals surface area (Å²) in [6, 6.07) is 11.6. The largest absolute Gasteiger partial charge is 0.440 e. The van der Waals surface area contributed by atoms with Crippen LogP contribution in [0.1, 0.15) is 21.5 Å². The Morgan fingerprint density at radius 1 is 0.829 bits per heavy atom. The van der Waals surface area contributed by atoms with Crippen molar-refractivity contribution in [2.45, 2.75) is 5.79 Å². The summed E-state index contributed by atoms with van der Waals surface area (Å²) in [5, 5.41) is 19.6. The van der Waals surface area contributed by atoms with E-state index in [1.165, 1.54) is 18.2 Å². The maximum absolute atomic E-state index is 15.1. The van der Waals surface area contributed by atoms with Gasteiger partial charge in [-0.1, -0.05) is 46.4 Å². The Labute approximate surface area is 220 Å². The fraction of sp³-hybridized carbons (Fsp3) is 0.208. The summed E-state index contributed by atoms with van der Waals surface area (Å²) >= 11 is 25.2. The van der Waals surface area contributed by atoms with Crippen LogP contribution in [0.15, 0.2) is 48.5 Å². The van der Waals surface area contributed by atoms with Gasteiger partial charge in [-0.3, -0.25) is 4.79 Å². The topological polar surface area (TPSA) is 79.2 Å². The van der Waals surface area contributed by atoms with Crippen molar-refractivity contribution < 1.29 is 28.9 Å². The third-order valence-corrected chi connectivity index (χ3v) is 6.47. The van der Waals surface area contributed by atoms with E-state index in [4.69, 9.17) is 55.9 Å². The Morgan fingerprint density at radius 2 is 1.31 bits per heavy atom. The molecular weight excluding hydrogens is 543 g/mol. The van der Waals surface area contributed by atoms with Crippen molar-refractivity contribution in [2.24, 2.45) is 0 Å². The number of hydrogen-bond acceptors (Lipinski definition) is 5. The highest BCUT2D eigenvalue weighted by Crippen LogP contribution is 2.51. The number of amides is 1. The van der Waals surface area contributed by atoms with Crippen molar-refractivity contribution in [3.05, 3.63) is 91.1 Å². The van der Waals surface area contributed by atoms with Crippen molar-refractivity contribution in [2.75, 3.05) is 26.3 Å². The highest BCUT2D eigenvalue weighted by molar-refractivity contribution is 6.36. The first-order chi connectivity index (χ1) is 16.7. The second-order valence-electron chi connectivity index (χ2n) is 7.59. The Kier molecular flexibility index (Phi) is 7.66. The fourth-order valence-corrected chi connectivity index (χ4v) is 4.86. The van der Waals surface area contributed by atoms with Gasteiger partial charge in [0, 0.05) is 29.2 Å². The highest BCUT2D eigenvalue weighted by atomic mass is 35.5. The van der Waals surface area contributed by atoms with Crippen LogP contribution in [0, 0.1) is 5.82 Å². The maximum atomic E-state index is 15.1. The average Bonchev–Trinajstić information content (AvgIpc) is 3.16. The average molecular weight is 561 g/mol. The van der Waals surface area contributed by atoms with Crippen LogP contribution in [0.25, 0.3) is 0 Å². The van der Waals surface area contributed by atoms with E-state index in [1.807, 2.05) is 0 Å². The van der Waals surface area contributed by atoms with E-state index in [2.05, 4.69) is 0 Å². The summed E-state index contributed by atoms with van der Waals surface area (Å²) in [4.78, 5) is 14.1. The van der Waals surface area contributed by atoms with Gasteiger partial charge in [0.25, 0.3) is 5.91 Å². The first kappa shape index (κ1) is 25.8. The zero-order valence-corrected chi connectivity index (χ0v) is 20.9. The first-order valence-corrected chi connectivity index (χ1v) is 11.8. The van der Waals surface area contributed by atoms with Crippen molar-refractivity contribution in [1.29, 1.82) is 0 Å². The number of aliphatic hydroxyl groups is 2. The molecule has 1 aliphatic heterocycles. The van der Waals surface area contributed by atoms with Crippen LogP contribution in [-0.2, 0) is 5.79 Å². The number of fused-ring (bicyclic) bond motifs is 1. The van der Waals surface area contributed by atoms with E-state index in [1.54, 1.807) is 24.3 Å². The first-order valence-electron chi connectivity index (χ1n) is 10.3. The van der Waals surface area contributed by atoms with Crippen LogP contribution in [0.5, 0.6) is 11.5 Å². The van der Waals surface area contributed by atoms with E-state index in [0.29, 0.717) is 21.2 Å². The fourth-order valence-electron chi connectivity index (χ4n) is 3.79. The minimum atomic E-state index is -1.74. The van der Waals surface area contributed by atoms with Crippen LogP contribution < -0.4 is 9.47 Å². The zero-order chi connectivity index (χ0) is 25.3. The smallest absolute Gasteiger partial charge is 0.308 e. The van der Waals surface area contributed by atoms with E-state index < -0.39 is 17.5 Å². The van der Waals surface area contributed by atoms with Gasteiger partial charge in [0.1, 0.15) is 5.82 Å². The van der Waals surface area contributed by atoms with E-state index in [9.17, 15) is 15.0 Å². The summed E-state index contributed by atoms with van der Waals surface area (Å²) in [6.45, 7) is -0.883. The molecule has 1 heterocycles. The Balaban J connectivity index is 1.85. The molecule has 3 aromatic carbocycles. The Hall–Kier alpha value is -2.26.